The van der Waals surface area contributed by atoms with E-state index in [1.165, 1.54) is 109 Å². The van der Waals surface area contributed by atoms with E-state index in [0.29, 0.717) is 12.8 Å². The summed E-state index contributed by atoms with van der Waals surface area (Å²) < 4.78 is 11.2. The molecular formula is C37H73NO8. The van der Waals surface area contributed by atoms with Crippen LogP contribution in [0.25, 0.3) is 0 Å². The van der Waals surface area contributed by atoms with E-state index >= 15 is 0 Å². The second-order valence-corrected chi connectivity index (χ2v) is 13.7. The standard InChI is InChI=1S/C37H73NO8/c1-3-5-7-9-11-13-15-17-19-21-23-25-27-33(41)38-30(29-45-37-36(44)35(43)34(42)32(28-39)46-37)31(40)26-24-22-20-18-16-14-12-10-8-6-4-2/h30-32,34-37,39-40,42-44H,3-29H2,1-2H3,(H,38,41). The molecule has 274 valence electrons. The van der Waals surface area contributed by atoms with E-state index in [1.807, 2.05) is 0 Å². The van der Waals surface area contributed by atoms with Crippen molar-refractivity contribution in [3.63, 3.8) is 0 Å². The molecule has 1 heterocycles. The molecule has 0 bridgehead atoms. The third-order valence-corrected chi connectivity index (χ3v) is 9.46. The third kappa shape index (κ3) is 20.5. The van der Waals surface area contributed by atoms with Crippen molar-refractivity contribution in [3.05, 3.63) is 0 Å². The zero-order valence-electron chi connectivity index (χ0n) is 29.6. The third-order valence-electron chi connectivity index (χ3n) is 9.46. The molecule has 6 N–H and O–H groups in total. The summed E-state index contributed by atoms with van der Waals surface area (Å²) in [5.74, 6) is -0.146. The molecular weight excluding hydrogens is 586 g/mol. The summed E-state index contributed by atoms with van der Waals surface area (Å²) in [4.78, 5) is 12.8. The summed E-state index contributed by atoms with van der Waals surface area (Å²) >= 11 is 0. The van der Waals surface area contributed by atoms with Gasteiger partial charge in [-0.25, -0.2) is 0 Å². The first kappa shape index (κ1) is 43.2. The molecule has 0 saturated carbocycles. The molecule has 9 nitrogen and oxygen atoms in total. The van der Waals surface area contributed by atoms with Crippen LogP contribution in [-0.4, -0.2) is 87.5 Å². The van der Waals surface area contributed by atoms with Gasteiger partial charge in [-0.05, 0) is 12.8 Å². The highest BCUT2D eigenvalue weighted by Gasteiger charge is 2.44. The number of ether oxygens (including phenoxy) is 2. The fourth-order valence-corrected chi connectivity index (χ4v) is 6.28. The monoisotopic (exact) mass is 660 g/mol. The molecule has 1 amide bonds. The minimum Gasteiger partial charge on any atom is -0.394 e. The molecule has 1 aliphatic heterocycles. The van der Waals surface area contributed by atoms with E-state index in [0.717, 1.165) is 38.5 Å². The predicted molar refractivity (Wildman–Crippen MR) is 184 cm³/mol. The molecule has 9 heteroatoms. The molecule has 0 aromatic rings. The molecule has 0 aromatic carbocycles. The molecule has 1 rings (SSSR count). The molecule has 0 radical (unpaired) electrons. The average Bonchev–Trinajstić information content (AvgIpc) is 3.05. The first-order valence-electron chi connectivity index (χ1n) is 19.2. The lowest BCUT2D eigenvalue weighted by Gasteiger charge is -2.40. The Morgan fingerprint density at radius 1 is 0.652 bits per heavy atom. The number of nitrogens with one attached hydrogen (secondary N) is 1. The molecule has 7 unspecified atom stereocenters. The topological polar surface area (TPSA) is 149 Å². The van der Waals surface area contributed by atoms with Gasteiger partial charge >= 0.3 is 0 Å². The van der Waals surface area contributed by atoms with Gasteiger partial charge in [0.15, 0.2) is 6.29 Å². The Morgan fingerprint density at radius 2 is 1.09 bits per heavy atom. The maximum atomic E-state index is 12.8. The number of carbonyl (C=O) groups is 1. The van der Waals surface area contributed by atoms with Gasteiger partial charge in [0.05, 0.1) is 25.4 Å². The average molecular weight is 660 g/mol. The highest BCUT2D eigenvalue weighted by molar-refractivity contribution is 5.76. The van der Waals surface area contributed by atoms with Crippen LogP contribution < -0.4 is 5.32 Å². The van der Waals surface area contributed by atoms with Gasteiger partial charge in [0, 0.05) is 6.42 Å². The lowest BCUT2D eigenvalue weighted by molar-refractivity contribution is -0.302. The largest absolute Gasteiger partial charge is 0.394 e. The van der Waals surface area contributed by atoms with Gasteiger partial charge in [0.2, 0.25) is 5.91 Å². The second-order valence-electron chi connectivity index (χ2n) is 13.7. The van der Waals surface area contributed by atoms with Crippen molar-refractivity contribution in [2.24, 2.45) is 0 Å². The molecule has 46 heavy (non-hydrogen) atoms. The number of rotatable bonds is 31. The van der Waals surface area contributed by atoms with Gasteiger partial charge in [0.1, 0.15) is 24.4 Å². The number of amides is 1. The smallest absolute Gasteiger partial charge is 0.220 e. The second kappa shape index (κ2) is 29.1. The Morgan fingerprint density at radius 3 is 1.54 bits per heavy atom. The van der Waals surface area contributed by atoms with Crippen LogP contribution in [0, 0.1) is 0 Å². The Balaban J connectivity index is 2.42. The van der Waals surface area contributed by atoms with Crippen molar-refractivity contribution >= 4 is 5.91 Å². The number of hydrogen-bond donors (Lipinski definition) is 6. The molecule has 0 spiro atoms. The van der Waals surface area contributed by atoms with Crippen LogP contribution in [0.1, 0.15) is 174 Å². The highest BCUT2D eigenvalue weighted by Crippen LogP contribution is 2.23. The molecule has 1 fully saturated rings. The fourth-order valence-electron chi connectivity index (χ4n) is 6.28. The summed E-state index contributed by atoms with van der Waals surface area (Å²) in [6.45, 7) is 3.80. The fraction of sp³-hybridized carbons (Fsp3) is 0.973. The lowest BCUT2D eigenvalue weighted by atomic mass is 9.99. The van der Waals surface area contributed by atoms with Crippen LogP contribution in [0.2, 0.25) is 0 Å². The minimum atomic E-state index is -1.55. The lowest BCUT2D eigenvalue weighted by Crippen LogP contribution is -2.60. The summed E-state index contributed by atoms with van der Waals surface area (Å²) in [6.07, 6.45) is 21.1. The predicted octanol–water partition coefficient (Wildman–Crippen LogP) is 6.44. The van der Waals surface area contributed by atoms with E-state index < -0.39 is 49.5 Å². The van der Waals surface area contributed by atoms with Crippen molar-refractivity contribution in [1.29, 1.82) is 0 Å². The maximum Gasteiger partial charge on any atom is 0.220 e. The minimum absolute atomic E-state index is 0.133. The quantitative estimate of drug-likeness (QED) is 0.0466. The van der Waals surface area contributed by atoms with E-state index in [1.54, 1.807) is 0 Å². The zero-order valence-corrected chi connectivity index (χ0v) is 29.6. The van der Waals surface area contributed by atoms with Crippen LogP contribution in [0.15, 0.2) is 0 Å². The van der Waals surface area contributed by atoms with Gasteiger partial charge in [-0.3, -0.25) is 4.79 Å². The Bertz CT molecular complexity index is 696. The summed E-state index contributed by atoms with van der Waals surface area (Å²) in [6, 6.07) is -0.708. The number of hydrogen-bond acceptors (Lipinski definition) is 8. The first-order chi connectivity index (χ1) is 22.3. The van der Waals surface area contributed by atoms with Crippen LogP contribution in [-0.2, 0) is 14.3 Å². The summed E-state index contributed by atoms with van der Waals surface area (Å²) in [5.41, 5.74) is 0. The zero-order chi connectivity index (χ0) is 33.8. The number of aliphatic hydroxyl groups is 5. The summed E-state index contributed by atoms with van der Waals surface area (Å²) in [5, 5.41) is 54.0. The number of aliphatic hydroxyl groups excluding tert-OH is 5. The van der Waals surface area contributed by atoms with E-state index in [9.17, 15) is 30.3 Å². The summed E-state index contributed by atoms with van der Waals surface area (Å²) in [7, 11) is 0. The highest BCUT2D eigenvalue weighted by atomic mass is 16.7. The van der Waals surface area contributed by atoms with Crippen molar-refractivity contribution in [2.45, 2.75) is 217 Å². The van der Waals surface area contributed by atoms with Crippen molar-refractivity contribution in [2.75, 3.05) is 13.2 Å². The SMILES string of the molecule is CCCCCCCCCCCCCCC(=O)NC(COC1OC(CO)C(O)C(O)C1O)C(O)CCCCCCCCCCCCC. The molecule has 1 saturated heterocycles. The van der Waals surface area contributed by atoms with Gasteiger partial charge in [0.25, 0.3) is 0 Å². The Hall–Kier alpha value is -0.810. The Kier molecular flexibility index (Phi) is 27.4. The molecule has 0 aliphatic carbocycles. The van der Waals surface area contributed by atoms with Crippen molar-refractivity contribution in [3.8, 4) is 0 Å². The van der Waals surface area contributed by atoms with Gasteiger partial charge in [-0.2, -0.15) is 0 Å². The first-order valence-corrected chi connectivity index (χ1v) is 19.2. The Labute approximate surface area is 281 Å². The molecule has 1 aliphatic rings. The van der Waals surface area contributed by atoms with Crippen molar-refractivity contribution in [1.82, 2.24) is 5.32 Å². The van der Waals surface area contributed by atoms with E-state index in [2.05, 4.69) is 19.2 Å². The van der Waals surface area contributed by atoms with Gasteiger partial charge in [-0.15, -0.1) is 0 Å². The number of unbranched alkanes of at least 4 members (excludes halogenated alkanes) is 21. The molecule has 0 aromatic heterocycles. The number of carbonyl (C=O) groups excluding carboxylic acids is 1. The van der Waals surface area contributed by atoms with Crippen LogP contribution in [0.5, 0.6) is 0 Å². The van der Waals surface area contributed by atoms with Gasteiger partial charge in [-0.1, -0.05) is 155 Å². The van der Waals surface area contributed by atoms with E-state index in [4.69, 9.17) is 9.47 Å². The normalized spacial score (nSPS) is 23.0. The maximum absolute atomic E-state index is 12.8. The van der Waals surface area contributed by atoms with Crippen molar-refractivity contribution < 1.29 is 39.8 Å². The van der Waals surface area contributed by atoms with Crippen LogP contribution in [0.4, 0.5) is 0 Å². The van der Waals surface area contributed by atoms with E-state index in [-0.39, 0.29) is 12.5 Å². The van der Waals surface area contributed by atoms with Crippen LogP contribution in [0.3, 0.4) is 0 Å². The van der Waals surface area contributed by atoms with Crippen LogP contribution >= 0.6 is 0 Å². The molecule has 7 atom stereocenters. The van der Waals surface area contributed by atoms with Gasteiger partial charge < -0.3 is 40.3 Å².